The lowest BCUT2D eigenvalue weighted by atomic mass is 10.0. The summed E-state index contributed by atoms with van der Waals surface area (Å²) >= 11 is 7.31. The highest BCUT2D eigenvalue weighted by Crippen LogP contribution is 2.45. The predicted molar refractivity (Wildman–Crippen MR) is 233 cm³/mol. The number of fused-ring (bicyclic) bond motifs is 1. The van der Waals surface area contributed by atoms with E-state index in [0.717, 1.165) is 24.2 Å². The highest BCUT2D eigenvalue weighted by atomic mass is 35.5. The van der Waals surface area contributed by atoms with Crippen LogP contribution in [0, 0.1) is 22.7 Å². The monoisotopic (exact) mass is 840 g/mol. The maximum absolute atomic E-state index is 13.2. The van der Waals surface area contributed by atoms with Gasteiger partial charge in [0.2, 0.25) is 14.3 Å². The molecule has 314 valence electrons. The first kappa shape index (κ1) is 43.5. The average molecular weight is 842 g/mol. The number of hydrogen-bond acceptors (Lipinski definition) is 12. The Balaban J connectivity index is 1.36. The van der Waals surface area contributed by atoms with Gasteiger partial charge in [0.1, 0.15) is 17.4 Å². The number of ether oxygens (including phenoxy) is 2. The van der Waals surface area contributed by atoms with Gasteiger partial charge in [0.25, 0.3) is 0 Å². The number of imidazole rings is 1. The third kappa shape index (κ3) is 9.54. The van der Waals surface area contributed by atoms with Crippen molar-refractivity contribution in [3.63, 3.8) is 0 Å². The first-order valence-electron chi connectivity index (χ1n) is 20.5. The lowest BCUT2D eigenvalue weighted by Crippen LogP contribution is -2.61. The molecular formula is C43H57ClN10O4Si. The van der Waals surface area contributed by atoms with Crippen LogP contribution in [-0.2, 0) is 15.7 Å². The van der Waals surface area contributed by atoms with Crippen molar-refractivity contribution in [2.45, 2.75) is 129 Å². The summed E-state index contributed by atoms with van der Waals surface area (Å²) in [5.74, 6) is 1.53. The van der Waals surface area contributed by atoms with Crippen LogP contribution in [0.1, 0.15) is 98.4 Å². The molecule has 2 N–H and O–H groups in total. The Hall–Kier alpha value is -5.09. The van der Waals surface area contributed by atoms with Crippen LogP contribution in [0.3, 0.4) is 0 Å². The quantitative estimate of drug-likeness (QED) is 0.116. The van der Waals surface area contributed by atoms with E-state index in [-0.39, 0.29) is 29.8 Å². The van der Waals surface area contributed by atoms with E-state index < -0.39 is 20.0 Å². The summed E-state index contributed by atoms with van der Waals surface area (Å²) < 4.78 is 19.9. The number of aromatic nitrogens is 4. The summed E-state index contributed by atoms with van der Waals surface area (Å²) in [6.07, 6.45) is 3.17. The van der Waals surface area contributed by atoms with Crippen LogP contribution >= 0.6 is 11.6 Å². The fraction of sp³-hybridized carbons (Fsp3) is 0.535. The molecule has 16 heteroatoms. The molecule has 2 fully saturated rings. The van der Waals surface area contributed by atoms with Gasteiger partial charge in [-0.1, -0.05) is 65.3 Å². The summed E-state index contributed by atoms with van der Waals surface area (Å²) in [6, 6.07) is 15.8. The van der Waals surface area contributed by atoms with E-state index in [0.29, 0.717) is 76.1 Å². The molecule has 0 spiro atoms. The predicted octanol–water partition coefficient (Wildman–Crippen LogP) is 9.11. The van der Waals surface area contributed by atoms with E-state index in [1.165, 1.54) is 10.7 Å². The maximum Gasteiger partial charge on any atom is 0.407 e. The molecule has 2 aromatic heterocycles. The molecule has 1 aliphatic heterocycles. The summed E-state index contributed by atoms with van der Waals surface area (Å²) in [4.78, 5) is 27.1. The number of alkyl carbamates (subject to hydrolysis) is 1. The van der Waals surface area contributed by atoms with Crippen LogP contribution in [0.5, 0.6) is 5.75 Å². The smallest absolute Gasteiger partial charge is 0.407 e. The van der Waals surface area contributed by atoms with E-state index in [1.807, 2.05) is 45.0 Å². The fourth-order valence-corrected chi connectivity index (χ4v) is 14.4. The van der Waals surface area contributed by atoms with Gasteiger partial charge >= 0.3 is 6.09 Å². The number of benzene rings is 2. The normalized spacial score (nSPS) is 17.3. The number of rotatable bonds is 14. The van der Waals surface area contributed by atoms with Gasteiger partial charge in [-0.25, -0.2) is 9.78 Å². The van der Waals surface area contributed by atoms with Crippen LogP contribution in [0.25, 0.3) is 5.65 Å². The minimum Gasteiger partial charge on any atom is -0.497 e. The van der Waals surface area contributed by atoms with Gasteiger partial charge < -0.3 is 34.3 Å². The minimum atomic E-state index is -2.42. The average Bonchev–Trinajstić information content (AvgIpc) is 3.94. The summed E-state index contributed by atoms with van der Waals surface area (Å²) in [5.41, 5.74) is 3.52. The lowest BCUT2D eigenvalue weighted by Gasteiger charge is -2.49. The van der Waals surface area contributed by atoms with E-state index in [9.17, 15) is 15.3 Å². The zero-order chi connectivity index (χ0) is 42.8. The molecule has 0 radical (unpaired) electrons. The van der Waals surface area contributed by atoms with Crippen LogP contribution in [0.15, 0.2) is 42.6 Å². The summed E-state index contributed by atoms with van der Waals surface area (Å²) in [7, 11) is -0.782. The Morgan fingerprint density at radius 1 is 1.03 bits per heavy atom. The third-order valence-electron chi connectivity index (χ3n) is 11.3. The van der Waals surface area contributed by atoms with Crippen LogP contribution in [0.4, 0.5) is 27.9 Å². The number of anilines is 4. The van der Waals surface area contributed by atoms with Crippen molar-refractivity contribution in [1.29, 1.82) is 10.5 Å². The molecule has 0 unspecified atom stereocenters. The van der Waals surface area contributed by atoms with E-state index in [2.05, 4.69) is 79.1 Å². The number of methoxy groups -OCH3 is 1. The van der Waals surface area contributed by atoms with E-state index in [1.54, 1.807) is 19.2 Å². The lowest BCUT2D eigenvalue weighted by molar-refractivity contribution is 0.0411. The van der Waals surface area contributed by atoms with E-state index in [4.69, 9.17) is 35.6 Å². The topological polar surface area (TPSA) is 166 Å². The number of nitrogens with zero attached hydrogens (tertiary/aromatic N) is 8. The van der Waals surface area contributed by atoms with Crippen LogP contribution in [-0.4, -0.2) is 78.0 Å². The van der Waals surface area contributed by atoms with Crippen molar-refractivity contribution < 1.29 is 18.7 Å². The number of piperidine rings is 1. The van der Waals surface area contributed by atoms with Gasteiger partial charge in [0.05, 0.1) is 53.5 Å². The Kier molecular flexibility index (Phi) is 13.0. The van der Waals surface area contributed by atoms with E-state index >= 15 is 0 Å². The number of carbonyl (C=O) groups excluding carboxylic acids is 1. The number of carbonyl (C=O) groups is 1. The minimum absolute atomic E-state index is 0.188. The van der Waals surface area contributed by atoms with Gasteiger partial charge in [0, 0.05) is 25.7 Å². The molecule has 2 atom stereocenters. The van der Waals surface area contributed by atoms with Crippen LogP contribution < -0.4 is 25.2 Å². The molecule has 14 nitrogen and oxygen atoms in total. The fourth-order valence-electron chi connectivity index (χ4n) is 8.54. The van der Waals surface area contributed by atoms with Gasteiger partial charge in [-0.05, 0) is 86.5 Å². The van der Waals surface area contributed by atoms with Gasteiger partial charge in [-0.3, -0.25) is 0 Å². The standard InChI is InChI=1S/C43H57ClN10O4Si/c1-26(2)59(27(3)4,28(5)6)58-37-25-52(18-17-34(37)49-42(55)57-43(7,8)9)36-20-30(21-45)19-35(38(36)44)48-41-50-40(39-47-23-32(22-46)54(39)51-41)53(31-13-14-31)24-29-11-15-33(56-10)16-12-29/h11-12,15-16,19-20,23,26-28,31,34,37H,13-14,17-18,24-25H2,1-10H3,(H,48,51)(H,49,55)/t34-,37-/m1/s1. The number of nitrogens with one attached hydrogen (secondary N) is 2. The molecular weight excluding hydrogens is 784 g/mol. The van der Waals surface area contributed by atoms with Crippen molar-refractivity contribution >= 4 is 54.8 Å². The molecule has 4 aromatic rings. The summed E-state index contributed by atoms with van der Waals surface area (Å²) in [5, 5.41) is 31.8. The first-order chi connectivity index (χ1) is 28.0. The second-order valence-electron chi connectivity index (χ2n) is 17.5. The Morgan fingerprint density at radius 2 is 1.71 bits per heavy atom. The van der Waals surface area contributed by atoms with Crippen molar-refractivity contribution in [3.8, 4) is 17.9 Å². The molecule has 1 amide bonds. The number of nitriles is 2. The molecule has 6 rings (SSSR count). The van der Waals surface area contributed by atoms with Gasteiger partial charge in [-0.15, -0.1) is 5.10 Å². The molecule has 1 saturated heterocycles. The number of hydrogen-bond donors (Lipinski definition) is 2. The second-order valence-corrected chi connectivity index (χ2v) is 23.3. The Bertz CT molecular complexity index is 2200. The first-order valence-corrected chi connectivity index (χ1v) is 23.0. The van der Waals surface area contributed by atoms with Gasteiger partial charge in [0.15, 0.2) is 17.2 Å². The van der Waals surface area contributed by atoms with Crippen molar-refractivity contribution in [3.05, 3.63) is 64.4 Å². The zero-order valence-electron chi connectivity index (χ0n) is 35.8. The second kappa shape index (κ2) is 17.6. The molecule has 2 aromatic carbocycles. The van der Waals surface area contributed by atoms with Crippen molar-refractivity contribution in [2.75, 3.05) is 35.3 Å². The van der Waals surface area contributed by atoms with Gasteiger partial charge in [-0.2, -0.15) is 20.0 Å². The van der Waals surface area contributed by atoms with Crippen molar-refractivity contribution in [2.24, 2.45) is 0 Å². The molecule has 1 aliphatic carbocycles. The molecule has 3 heterocycles. The molecule has 1 saturated carbocycles. The molecule has 0 bridgehead atoms. The maximum atomic E-state index is 13.2. The Labute approximate surface area is 353 Å². The largest absolute Gasteiger partial charge is 0.497 e. The highest BCUT2D eigenvalue weighted by Gasteiger charge is 2.49. The zero-order valence-corrected chi connectivity index (χ0v) is 37.6. The Morgan fingerprint density at radius 3 is 2.29 bits per heavy atom. The van der Waals surface area contributed by atoms with Crippen molar-refractivity contribution in [1.82, 2.24) is 24.9 Å². The highest BCUT2D eigenvalue weighted by molar-refractivity contribution is 6.77. The third-order valence-corrected chi connectivity index (χ3v) is 17.8. The molecule has 59 heavy (non-hydrogen) atoms. The molecule has 2 aliphatic rings. The van der Waals surface area contributed by atoms with Crippen LogP contribution in [0.2, 0.25) is 21.6 Å². The summed E-state index contributed by atoms with van der Waals surface area (Å²) in [6.45, 7) is 20.5. The number of amides is 1. The SMILES string of the molecule is COc1ccc(CN(c2nc(Nc3cc(C#N)cc(N4CC[C@@H](NC(=O)OC(C)(C)C)[C@H](O[Si](C(C)C)(C(C)C)C(C)C)C4)c3Cl)nn3c(C#N)cnc23)C2CC2)cc1. The number of halogens is 1.